The smallest absolute Gasteiger partial charge is 0.126 e. The lowest BCUT2D eigenvalue weighted by Crippen LogP contribution is -1.90. The molecule has 0 saturated heterocycles. The number of ether oxygens (including phenoxy) is 1. The van der Waals surface area contributed by atoms with E-state index >= 15 is 0 Å². The van der Waals surface area contributed by atoms with Gasteiger partial charge in [0.1, 0.15) is 12.0 Å². The molecule has 0 atom stereocenters. The van der Waals surface area contributed by atoms with Crippen LogP contribution in [0, 0.1) is 0 Å². The highest BCUT2D eigenvalue weighted by Crippen LogP contribution is 2.22. The van der Waals surface area contributed by atoms with E-state index in [1.807, 2.05) is 6.08 Å². The molecule has 2 N–H and O–H groups in total. The third kappa shape index (κ3) is 2.62. The number of anilines is 1. The molecular formula is C11H13NO2. The zero-order valence-electron chi connectivity index (χ0n) is 8.07. The summed E-state index contributed by atoms with van der Waals surface area (Å²) in [6.45, 7) is 0. The highest BCUT2D eigenvalue weighted by Gasteiger charge is 1.98. The number of carbonyl (C=O) groups excluding carboxylic acids is 1. The topological polar surface area (TPSA) is 52.3 Å². The quantitative estimate of drug-likeness (QED) is 0.584. The molecule has 1 aromatic carbocycles. The molecule has 0 aliphatic heterocycles. The van der Waals surface area contributed by atoms with E-state index in [-0.39, 0.29) is 0 Å². The summed E-state index contributed by atoms with van der Waals surface area (Å²) in [5, 5.41) is 0. The minimum atomic E-state index is 0.401. The highest BCUT2D eigenvalue weighted by atomic mass is 16.5. The van der Waals surface area contributed by atoms with Crippen LogP contribution in [0.25, 0.3) is 6.08 Å². The highest BCUT2D eigenvalue weighted by molar-refractivity contribution is 5.64. The van der Waals surface area contributed by atoms with E-state index in [1.54, 1.807) is 31.4 Å². The van der Waals surface area contributed by atoms with Gasteiger partial charge in [0.25, 0.3) is 0 Å². The molecule has 0 radical (unpaired) electrons. The molecule has 14 heavy (non-hydrogen) atoms. The van der Waals surface area contributed by atoms with E-state index in [9.17, 15) is 4.79 Å². The maximum Gasteiger partial charge on any atom is 0.126 e. The molecule has 0 saturated carbocycles. The Morgan fingerprint density at radius 2 is 2.29 bits per heavy atom. The molecule has 74 valence electrons. The van der Waals surface area contributed by atoms with E-state index in [0.717, 1.165) is 17.6 Å². The van der Waals surface area contributed by atoms with Crippen LogP contribution in [0.15, 0.2) is 24.3 Å². The Hall–Kier alpha value is -1.77. The van der Waals surface area contributed by atoms with Gasteiger partial charge in [0, 0.05) is 17.7 Å². The van der Waals surface area contributed by atoms with E-state index < -0.39 is 0 Å². The van der Waals surface area contributed by atoms with E-state index in [2.05, 4.69) is 0 Å². The molecule has 0 heterocycles. The maximum absolute atomic E-state index is 10.1. The second kappa shape index (κ2) is 5.07. The van der Waals surface area contributed by atoms with Crippen LogP contribution < -0.4 is 10.5 Å². The number of benzene rings is 1. The Kier molecular flexibility index (Phi) is 3.73. The lowest BCUT2D eigenvalue weighted by Gasteiger charge is -2.04. The molecule has 0 spiro atoms. The van der Waals surface area contributed by atoms with Gasteiger partial charge in [-0.15, -0.1) is 0 Å². The van der Waals surface area contributed by atoms with E-state index in [0.29, 0.717) is 12.1 Å². The monoisotopic (exact) mass is 191 g/mol. The number of methoxy groups -OCH3 is 1. The molecule has 1 aromatic rings. The largest absolute Gasteiger partial charge is 0.496 e. The Morgan fingerprint density at radius 3 is 2.93 bits per heavy atom. The summed E-state index contributed by atoms with van der Waals surface area (Å²) in [4.78, 5) is 10.1. The second-order valence-electron chi connectivity index (χ2n) is 2.81. The van der Waals surface area contributed by atoms with Crippen molar-refractivity contribution in [1.29, 1.82) is 0 Å². The van der Waals surface area contributed by atoms with Crippen molar-refractivity contribution < 1.29 is 9.53 Å². The van der Waals surface area contributed by atoms with Crippen LogP contribution in [-0.4, -0.2) is 13.4 Å². The molecular weight excluding hydrogens is 178 g/mol. The molecule has 3 nitrogen and oxygen atoms in total. The predicted octanol–water partition coefficient (Wildman–Crippen LogP) is 1.88. The van der Waals surface area contributed by atoms with Crippen molar-refractivity contribution in [3.05, 3.63) is 29.8 Å². The number of hydrogen-bond acceptors (Lipinski definition) is 3. The molecule has 3 heteroatoms. The number of hydrogen-bond donors (Lipinski definition) is 1. The van der Waals surface area contributed by atoms with Crippen molar-refractivity contribution >= 4 is 18.0 Å². The minimum Gasteiger partial charge on any atom is -0.496 e. The minimum absolute atomic E-state index is 0.401. The van der Waals surface area contributed by atoms with Crippen LogP contribution in [0.3, 0.4) is 0 Å². The van der Waals surface area contributed by atoms with Gasteiger partial charge >= 0.3 is 0 Å². The van der Waals surface area contributed by atoms with Crippen LogP contribution in [0.1, 0.15) is 12.0 Å². The number of aldehydes is 1. The summed E-state index contributed by atoms with van der Waals surface area (Å²) in [5.74, 6) is 0.751. The van der Waals surface area contributed by atoms with Gasteiger partial charge in [-0.1, -0.05) is 12.2 Å². The zero-order chi connectivity index (χ0) is 10.4. The summed E-state index contributed by atoms with van der Waals surface area (Å²) in [5.41, 5.74) is 7.19. The Balaban J connectivity index is 2.92. The van der Waals surface area contributed by atoms with Gasteiger partial charge in [-0.2, -0.15) is 0 Å². The average Bonchev–Trinajstić information content (AvgIpc) is 2.19. The van der Waals surface area contributed by atoms with E-state index in [1.165, 1.54) is 0 Å². The molecule has 0 unspecified atom stereocenters. The molecule has 0 aliphatic carbocycles. The summed E-state index contributed by atoms with van der Waals surface area (Å²) in [6, 6.07) is 5.38. The first-order chi connectivity index (χ1) is 6.77. The van der Waals surface area contributed by atoms with Gasteiger partial charge in [-0.05, 0) is 18.2 Å². The molecule has 0 aromatic heterocycles. The van der Waals surface area contributed by atoms with Gasteiger partial charge in [-0.3, -0.25) is 0 Å². The van der Waals surface area contributed by atoms with Crippen molar-refractivity contribution in [3.63, 3.8) is 0 Å². The van der Waals surface area contributed by atoms with Gasteiger partial charge in [0.2, 0.25) is 0 Å². The molecule has 0 aliphatic rings. The Labute approximate surface area is 83.2 Å². The normalized spacial score (nSPS) is 10.4. The van der Waals surface area contributed by atoms with Gasteiger partial charge in [-0.25, -0.2) is 0 Å². The summed E-state index contributed by atoms with van der Waals surface area (Å²) in [6.07, 6.45) is 4.83. The lowest BCUT2D eigenvalue weighted by molar-refractivity contribution is -0.107. The third-order valence-electron chi connectivity index (χ3n) is 1.78. The van der Waals surface area contributed by atoms with Crippen LogP contribution in [0.2, 0.25) is 0 Å². The molecule has 0 fully saturated rings. The average molecular weight is 191 g/mol. The third-order valence-corrected chi connectivity index (χ3v) is 1.78. The second-order valence-corrected chi connectivity index (χ2v) is 2.81. The SMILES string of the molecule is COc1ccc(N)cc1C=CCC=O. The van der Waals surface area contributed by atoms with Gasteiger partial charge < -0.3 is 15.3 Å². The molecule has 0 bridgehead atoms. The number of allylic oxidation sites excluding steroid dienone is 1. The van der Waals surface area contributed by atoms with Gasteiger partial charge in [0.15, 0.2) is 0 Å². The number of nitrogen functional groups attached to an aromatic ring is 1. The molecule has 0 amide bonds. The first-order valence-corrected chi connectivity index (χ1v) is 4.31. The van der Waals surface area contributed by atoms with E-state index in [4.69, 9.17) is 10.5 Å². The van der Waals surface area contributed by atoms with Gasteiger partial charge in [0.05, 0.1) is 7.11 Å². The lowest BCUT2D eigenvalue weighted by atomic mass is 10.1. The standard InChI is InChI=1S/C11H13NO2/c1-14-11-6-5-10(12)8-9(11)4-2-3-7-13/h2,4-8H,3,12H2,1H3. The fraction of sp³-hybridized carbons (Fsp3) is 0.182. The van der Waals surface area contributed by atoms with Crippen LogP contribution >= 0.6 is 0 Å². The maximum atomic E-state index is 10.1. The van der Waals surface area contributed by atoms with Crippen molar-refractivity contribution in [2.24, 2.45) is 0 Å². The first kappa shape index (κ1) is 10.3. The van der Waals surface area contributed by atoms with Crippen molar-refractivity contribution in [3.8, 4) is 5.75 Å². The Morgan fingerprint density at radius 1 is 1.50 bits per heavy atom. The summed E-state index contributed by atoms with van der Waals surface area (Å²) >= 11 is 0. The number of rotatable bonds is 4. The number of nitrogens with two attached hydrogens (primary N) is 1. The Bertz CT molecular complexity index is 345. The van der Waals surface area contributed by atoms with Crippen LogP contribution in [0.4, 0.5) is 5.69 Å². The summed E-state index contributed by atoms with van der Waals surface area (Å²) < 4.78 is 5.14. The predicted molar refractivity (Wildman–Crippen MR) is 57.1 cm³/mol. The van der Waals surface area contributed by atoms with Crippen molar-refractivity contribution in [2.75, 3.05) is 12.8 Å². The molecule has 1 rings (SSSR count). The first-order valence-electron chi connectivity index (χ1n) is 4.31. The van der Waals surface area contributed by atoms with Crippen LogP contribution in [0.5, 0.6) is 5.75 Å². The van der Waals surface area contributed by atoms with Crippen molar-refractivity contribution in [2.45, 2.75) is 6.42 Å². The number of carbonyl (C=O) groups is 1. The van der Waals surface area contributed by atoms with Crippen molar-refractivity contribution in [1.82, 2.24) is 0 Å². The fourth-order valence-corrected chi connectivity index (χ4v) is 1.13. The summed E-state index contributed by atoms with van der Waals surface area (Å²) in [7, 11) is 1.60. The zero-order valence-corrected chi connectivity index (χ0v) is 8.07. The fourth-order valence-electron chi connectivity index (χ4n) is 1.13. The van der Waals surface area contributed by atoms with Crippen LogP contribution in [-0.2, 0) is 4.79 Å².